The van der Waals surface area contributed by atoms with Crippen molar-refractivity contribution >= 4 is 17.3 Å². The van der Waals surface area contributed by atoms with Gasteiger partial charge in [0.05, 0.1) is 18.4 Å². The molecule has 0 amide bonds. The summed E-state index contributed by atoms with van der Waals surface area (Å²) >= 11 is 1.83. The van der Waals surface area contributed by atoms with Gasteiger partial charge in [0.1, 0.15) is 5.82 Å². The third-order valence-corrected chi connectivity index (χ3v) is 5.32. The van der Waals surface area contributed by atoms with Crippen molar-refractivity contribution in [2.24, 2.45) is 0 Å². The minimum atomic E-state index is -5.08. The van der Waals surface area contributed by atoms with Crippen LogP contribution in [-0.4, -0.2) is 38.2 Å². The summed E-state index contributed by atoms with van der Waals surface area (Å²) in [5.41, 5.74) is 3.81. The number of alkyl halides is 3. The Hall–Kier alpha value is -2.65. The quantitative estimate of drug-likeness (QED) is 0.671. The largest absolute Gasteiger partial charge is 0.490 e. The van der Waals surface area contributed by atoms with Crippen molar-refractivity contribution in [3.8, 4) is 11.3 Å². The monoisotopic (exact) mass is 423 g/mol. The lowest BCUT2D eigenvalue weighted by molar-refractivity contribution is -0.192. The Morgan fingerprint density at radius 1 is 1.24 bits per heavy atom. The smallest absolute Gasteiger partial charge is 0.475 e. The Bertz CT molecular complexity index is 968. The van der Waals surface area contributed by atoms with Gasteiger partial charge in [-0.25, -0.2) is 9.78 Å². The molecule has 9 heteroatoms. The first-order chi connectivity index (χ1) is 13.7. The first-order valence-corrected chi connectivity index (χ1v) is 9.78. The standard InChI is InChI=1S/C18H19N3S.C2HF3O2/c1-14-4-2-5-15(10-14)17-11-19-18-13-20(7-8-21(17)18)12-16-6-3-9-22-16;3-2(4,5)1(6)7/h2-6,9-11H,7-8,12-13H2,1H3;(H,6,7). The van der Waals surface area contributed by atoms with Gasteiger partial charge in [-0.3, -0.25) is 4.90 Å². The van der Waals surface area contributed by atoms with Crippen molar-refractivity contribution in [3.63, 3.8) is 0 Å². The van der Waals surface area contributed by atoms with Crippen molar-refractivity contribution < 1.29 is 23.1 Å². The van der Waals surface area contributed by atoms with Crippen LogP contribution in [0.4, 0.5) is 13.2 Å². The molecule has 2 aromatic heterocycles. The van der Waals surface area contributed by atoms with E-state index in [1.54, 1.807) is 0 Å². The lowest BCUT2D eigenvalue weighted by Crippen LogP contribution is -2.33. The highest BCUT2D eigenvalue weighted by atomic mass is 32.1. The highest BCUT2D eigenvalue weighted by molar-refractivity contribution is 7.09. The number of rotatable bonds is 3. The predicted octanol–water partition coefficient (Wildman–Crippen LogP) is 4.57. The van der Waals surface area contributed by atoms with E-state index in [2.05, 4.69) is 63.2 Å². The van der Waals surface area contributed by atoms with E-state index in [0.29, 0.717) is 0 Å². The molecule has 0 aliphatic carbocycles. The fraction of sp³-hybridized carbons (Fsp3) is 0.300. The van der Waals surface area contributed by atoms with Crippen LogP contribution in [0.2, 0.25) is 0 Å². The van der Waals surface area contributed by atoms with Crippen molar-refractivity contribution in [1.82, 2.24) is 14.5 Å². The summed E-state index contributed by atoms with van der Waals surface area (Å²) in [5.74, 6) is -1.58. The van der Waals surface area contributed by atoms with Crippen LogP contribution in [-0.2, 0) is 24.4 Å². The van der Waals surface area contributed by atoms with E-state index in [0.717, 1.165) is 26.2 Å². The van der Waals surface area contributed by atoms with Crippen LogP contribution in [0.15, 0.2) is 48.0 Å². The van der Waals surface area contributed by atoms with Crippen molar-refractivity contribution in [1.29, 1.82) is 0 Å². The Morgan fingerprint density at radius 2 is 2.00 bits per heavy atom. The number of carbonyl (C=O) groups is 1. The summed E-state index contributed by atoms with van der Waals surface area (Å²) in [7, 11) is 0. The van der Waals surface area contributed by atoms with E-state index >= 15 is 0 Å². The lowest BCUT2D eigenvalue weighted by Gasteiger charge is -2.28. The lowest BCUT2D eigenvalue weighted by atomic mass is 10.1. The molecular formula is C20H20F3N3O2S. The molecule has 4 rings (SSSR count). The number of carboxylic acids is 1. The summed E-state index contributed by atoms with van der Waals surface area (Å²) in [6.07, 6.45) is -3.06. The number of fused-ring (bicyclic) bond motifs is 1. The molecule has 3 heterocycles. The van der Waals surface area contributed by atoms with Crippen LogP contribution in [0.25, 0.3) is 11.3 Å². The number of hydrogen-bond donors (Lipinski definition) is 1. The molecule has 0 atom stereocenters. The van der Waals surface area contributed by atoms with Crippen LogP contribution in [0.5, 0.6) is 0 Å². The average Bonchev–Trinajstić information content (AvgIpc) is 3.31. The van der Waals surface area contributed by atoms with Gasteiger partial charge in [0, 0.05) is 30.1 Å². The Kier molecular flexibility index (Phi) is 6.39. The predicted molar refractivity (Wildman–Crippen MR) is 105 cm³/mol. The Morgan fingerprint density at radius 3 is 2.62 bits per heavy atom. The van der Waals surface area contributed by atoms with Crippen LogP contribution in [0, 0.1) is 6.92 Å². The van der Waals surface area contributed by atoms with Crippen LogP contribution in [0.3, 0.4) is 0 Å². The summed E-state index contributed by atoms with van der Waals surface area (Å²) in [6.45, 7) is 6.21. The second-order valence-corrected chi connectivity index (χ2v) is 7.71. The average molecular weight is 423 g/mol. The Balaban J connectivity index is 0.000000298. The maximum absolute atomic E-state index is 10.6. The third-order valence-electron chi connectivity index (χ3n) is 4.46. The zero-order valence-electron chi connectivity index (χ0n) is 15.7. The minimum absolute atomic E-state index is 0.934. The molecule has 1 aromatic carbocycles. The van der Waals surface area contributed by atoms with E-state index in [-0.39, 0.29) is 0 Å². The highest BCUT2D eigenvalue weighted by Crippen LogP contribution is 2.25. The number of benzene rings is 1. The maximum atomic E-state index is 10.6. The minimum Gasteiger partial charge on any atom is -0.475 e. The van der Waals surface area contributed by atoms with E-state index in [4.69, 9.17) is 9.90 Å². The zero-order valence-corrected chi connectivity index (χ0v) is 16.5. The molecule has 0 unspecified atom stereocenters. The molecule has 0 bridgehead atoms. The molecule has 0 saturated heterocycles. The molecule has 0 saturated carbocycles. The van der Waals surface area contributed by atoms with E-state index in [1.807, 2.05) is 17.5 Å². The molecule has 154 valence electrons. The molecule has 1 aliphatic heterocycles. The SMILES string of the molecule is Cc1cccc(-c2cnc3n2CCN(Cc2cccs2)C3)c1.O=C(O)C(F)(F)F. The fourth-order valence-electron chi connectivity index (χ4n) is 3.10. The molecule has 0 fully saturated rings. The molecule has 3 aromatic rings. The van der Waals surface area contributed by atoms with E-state index < -0.39 is 12.1 Å². The summed E-state index contributed by atoms with van der Waals surface area (Å²) < 4.78 is 34.1. The van der Waals surface area contributed by atoms with Crippen molar-refractivity contribution in [2.45, 2.75) is 32.7 Å². The van der Waals surface area contributed by atoms with Gasteiger partial charge >= 0.3 is 12.1 Å². The van der Waals surface area contributed by atoms with Crippen LogP contribution < -0.4 is 0 Å². The fourth-order valence-corrected chi connectivity index (χ4v) is 3.85. The van der Waals surface area contributed by atoms with Gasteiger partial charge in [-0.1, -0.05) is 29.8 Å². The van der Waals surface area contributed by atoms with E-state index in [1.165, 1.54) is 27.5 Å². The maximum Gasteiger partial charge on any atom is 0.490 e. The summed E-state index contributed by atoms with van der Waals surface area (Å²) in [4.78, 5) is 17.5. The van der Waals surface area contributed by atoms with Crippen LogP contribution in [0.1, 0.15) is 16.3 Å². The number of imidazole rings is 1. The normalized spacial score (nSPS) is 14.1. The second kappa shape index (κ2) is 8.79. The molecule has 0 spiro atoms. The molecule has 1 aliphatic rings. The number of hydrogen-bond acceptors (Lipinski definition) is 4. The topological polar surface area (TPSA) is 58.4 Å². The van der Waals surface area contributed by atoms with Crippen molar-refractivity contribution in [3.05, 3.63) is 64.2 Å². The molecule has 1 N–H and O–H groups in total. The van der Waals surface area contributed by atoms with Gasteiger partial charge in [-0.15, -0.1) is 11.3 Å². The summed E-state index contributed by atoms with van der Waals surface area (Å²) in [6, 6.07) is 13.0. The van der Waals surface area contributed by atoms with E-state index in [9.17, 15) is 13.2 Å². The third kappa shape index (κ3) is 5.45. The summed E-state index contributed by atoms with van der Waals surface area (Å²) in [5, 5.41) is 9.27. The second-order valence-electron chi connectivity index (χ2n) is 6.67. The van der Waals surface area contributed by atoms with Crippen LogP contribution >= 0.6 is 11.3 Å². The number of thiophene rings is 1. The van der Waals surface area contributed by atoms with Gasteiger partial charge in [-0.05, 0) is 24.4 Å². The number of nitrogens with zero attached hydrogens (tertiary/aromatic N) is 3. The number of aromatic nitrogens is 2. The van der Waals surface area contributed by atoms with Crippen molar-refractivity contribution in [2.75, 3.05) is 6.54 Å². The van der Waals surface area contributed by atoms with Gasteiger partial charge in [0.2, 0.25) is 0 Å². The van der Waals surface area contributed by atoms with Gasteiger partial charge in [0.15, 0.2) is 0 Å². The molecule has 0 radical (unpaired) electrons. The van der Waals surface area contributed by atoms with Gasteiger partial charge in [-0.2, -0.15) is 13.2 Å². The molecule has 29 heavy (non-hydrogen) atoms. The van der Waals surface area contributed by atoms with Gasteiger partial charge < -0.3 is 9.67 Å². The molecule has 5 nitrogen and oxygen atoms in total. The number of aliphatic carboxylic acids is 1. The molecular weight excluding hydrogens is 403 g/mol. The number of carboxylic acid groups (broad SMARTS) is 1. The van der Waals surface area contributed by atoms with Gasteiger partial charge in [0.25, 0.3) is 0 Å². The number of halogens is 3. The first kappa shape index (κ1) is 21.1. The Labute approximate surface area is 170 Å². The highest BCUT2D eigenvalue weighted by Gasteiger charge is 2.38. The number of aryl methyl sites for hydroxylation is 1. The zero-order chi connectivity index (χ0) is 21.0. The first-order valence-electron chi connectivity index (χ1n) is 8.90.